The lowest BCUT2D eigenvalue weighted by Gasteiger charge is -2.20. The van der Waals surface area contributed by atoms with Gasteiger partial charge in [0.25, 0.3) is 11.9 Å². The summed E-state index contributed by atoms with van der Waals surface area (Å²) in [6, 6.07) is 16.7. The first-order valence-electron chi connectivity index (χ1n) is 8.18. The van der Waals surface area contributed by atoms with E-state index in [0.717, 1.165) is 36.0 Å². The minimum atomic E-state index is -0.0699. The Balaban J connectivity index is 1.58. The first-order valence-corrected chi connectivity index (χ1v) is 8.18. The molecule has 2 aromatic carbocycles. The van der Waals surface area contributed by atoms with E-state index in [2.05, 4.69) is 15.2 Å². The Labute approximate surface area is 140 Å². The average Bonchev–Trinajstić information content (AvgIpc) is 3.37. The van der Waals surface area contributed by atoms with E-state index >= 15 is 0 Å². The van der Waals surface area contributed by atoms with Crippen molar-refractivity contribution in [2.75, 3.05) is 11.9 Å². The molecule has 24 heavy (non-hydrogen) atoms. The van der Waals surface area contributed by atoms with Crippen LogP contribution < -0.4 is 10.2 Å². The molecule has 122 valence electrons. The second kappa shape index (κ2) is 6.00. The highest BCUT2D eigenvalue weighted by molar-refractivity contribution is 5.93. The minimum absolute atomic E-state index is 0.0699. The van der Waals surface area contributed by atoms with E-state index in [1.54, 1.807) is 7.05 Å². The second-order valence-electron chi connectivity index (χ2n) is 6.10. The van der Waals surface area contributed by atoms with Gasteiger partial charge in [-0.05, 0) is 42.7 Å². The number of carbonyl (C=O) groups excluding carboxylic acids is 1. The lowest BCUT2D eigenvalue weighted by atomic mass is 10.1. The number of nitrogens with one attached hydrogen (secondary N) is 1. The molecule has 5 heteroatoms. The van der Waals surface area contributed by atoms with Gasteiger partial charge in [-0.15, -0.1) is 0 Å². The van der Waals surface area contributed by atoms with E-state index in [-0.39, 0.29) is 5.91 Å². The molecule has 1 fully saturated rings. The maximum Gasteiger partial charge on any atom is 0.298 e. The largest absolute Gasteiger partial charge is 0.423 e. The van der Waals surface area contributed by atoms with Crippen LogP contribution in [0.3, 0.4) is 0 Å². The van der Waals surface area contributed by atoms with Gasteiger partial charge in [0, 0.05) is 25.2 Å². The zero-order chi connectivity index (χ0) is 16.5. The van der Waals surface area contributed by atoms with Crippen LogP contribution in [0, 0.1) is 0 Å². The van der Waals surface area contributed by atoms with Crippen molar-refractivity contribution >= 4 is 23.0 Å². The Hall–Kier alpha value is -2.82. The lowest BCUT2D eigenvalue weighted by Crippen LogP contribution is -2.25. The summed E-state index contributed by atoms with van der Waals surface area (Å²) in [5.41, 5.74) is 3.50. The second-order valence-corrected chi connectivity index (χ2v) is 6.10. The van der Waals surface area contributed by atoms with E-state index < -0.39 is 0 Å². The van der Waals surface area contributed by atoms with Crippen LogP contribution in [0.1, 0.15) is 28.8 Å². The molecule has 1 aliphatic rings. The average molecular weight is 321 g/mol. The first-order chi connectivity index (χ1) is 11.7. The molecule has 1 saturated carbocycles. The Morgan fingerprint density at radius 1 is 1.21 bits per heavy atom. The normalized spacial score (nSPS) is 13.9. The molecular formula is C19H19N3O2. The van der Waals surface area contributed by atoms with E-state index in [4.69, 9.17) is 4.42 Å². The van der Waals surface area contributed by atoms with Crippen molar-refractivity contribution in [3.8, 4) is 0 Å². The van der Waals surface area contributed by atoms with Crippen LogP contribution in [0.25, 0.3) is 11.1 Å². The number of oxazole rings is 1. The van der Waals surface area contributed by atoms with Gasteiger partial charge in [-0.25, -0.2) is 0 Å². The van der Waals surface area contributed by atoms with Crippen LogP contribution in [0.4, 0.5) is 6.01 Å². The molecule has 1 heterocycles. The third-order valence-corrected chi connectivity index (χ3v) is 4.31. The third kappa shape index (κ3) is 2.85. The molecule has 0 atom stereocenters. The number of anilines is 1. The Morgan fingerprint density at radius 2 is 1.96 bits per heavy atom. The SMILES string of the molecule is CNC(=O)c1ccc(CN(c2nc3ccccc3o2)C2CC2)cc1. The van der Waals surface area contributed by atoms with E-state index in [1.807, 2.05) is 48.5 Å². The minimum Gasteiger partial charge on any atom is -0.423 e. The van der Waals surface area contributed by atoms with Gasteiger partial charge in [0.1, 0.15) is 5.52 Å². The number of amides is 1. The van der Waals surface area contributed by atoms with Crippen molar-refractivity contribution in [1.29, 1.82) is 0 Å². The number of rotatable bonds is 5. The van der Waals surface area contributed by atoms with Gasteiger partial charge >= 0.3 is 0 Å². The number of benzene rings is 2. The standard InChI is InChI=1S/C19H19N3O2/c1-20-18(23)14-8-6-13(7-9-14)12-22(15-10-11-15)19-21-16-4-2-3-5-17(16)24-19/h2-9,15H,10-12H2,1H3,(H,20,23). The van der Waals surface area contributed by atoms with Gasteiger partial charge in [0.05, 0.1) is 0 Å². The summed E-state index contributed by atoms with van der Waals surface area (Å²) in [7, 11) is 1.64. The van der Waals surface area contributed by atoms with Crippen molar-refractivity contribution in [1.82, 2.24) is 10.3 Å². The summed E-state index contributed by atoms with van der Waals surface area (Å²) in [5.74, 6) is -0.0699. The predicted molar refractivity (Wildman–Crippen MR) is 93.0 cm³/mol. The molecule has 3 aromatic rings. The molecule has 1 N–H and O–H groups in total. The topological polar surface area (TPSA) is 58.4 Å². The van der Waals surface area contributed by atoms with E-state index in [1.165, 1.54) is 0 Å². The Kier molecular flexibility index (Phi) is 3.69. The molecule has 0 aliphatic heterocycles. The van der Waals surface area contributed by atoms with E-state index in [0.29, 0.717) is 17.6 Å². The quantitative estimate of drug-likeness (QED) is 0.783. The molecule has 1 aliphatic carbocycles. The summed E-state index contributed by atoms with van der Waals surface area (Å²) < 4.78 is 5.93. The molecule has 0 unspecified atom stereocenters. The Bertz CT molecular complexity index is 833. The monoisotopic (exact) mass is 321 g/mol. The van der Waals surface area contributed by atoms with Gasteiger partial charge in [0.15, 0.2) is 5.58 Å². The summed E-state index contributed by atoms with van der Waals surface area (Å²) in [4.78, 5) is 18.5. The highest BCUT2D eigenvalue weighted by Gasteiger charge is 2.32. The van der Waals surface area contributed by atoms with Gasteiger partial charge in [-0.3, -0.25) is 4.79 Å². The van der Waals surface area contributed by atoms with Crippen LogP contribution in [0.2, 0.25) is 0 Å². The van der Waals surface area contributed by atoms with Crippen LogP contribution >= 0.6 is 0 Å². The van der Waals surface area contributed by atoms with Crippen molar-refractivity contribution < 1.29 is 9.21 Å². The van der Waals surface area contributed by atoms with Crippen molar-refractivity contribution in [3.05, 3.63) is 59.7 Å². The molecule has 0 radical (unpaired) electrons. The molecule has 0 spiro atoms. The summed E-state index contributed by atoms with van der Waals surface area (Å²) in [6.07, 6.45) is 2.32. The highest BCUT2D eigenvalue weighted by Crippen LogP contribution is 2.34. The van der Waals surface area contributed by atoms with Crippen molar-refractivity contribution in [3.63, 3.8) is 0 Å². The summed E-state index contributed by atoms with van der Waals surface area (Å²) in [5, 5.41) is 2.64. The number of fused-ring (bicyclic) bond motifs is 1. The molecule has 1 amide bonds. The van der Waals surface area contributed by atoms with Crippen LogP contribution in [-0.2, 0) is 6.54 Å². The molecule has 0 bridgehead atoms. The van der Waals surface area contributed by atoms with Crippen molar-refractivity contribution in [2.45, 2.75) is 25.4 Å². The fraction of sp³-hybridized carbons (Fsp3) is 0.263. The zero-order valence-corrected chi connectivity index (χ0v) is 13.5. The zero-order valence-electron chi connectivity index (χ0n) is 13.5. The number of nitrogens with zero attached hydrogens (tertiary/aromatic N) is 2. The molecule has 1 aromatic heterocycles. The van der Waals surface area contributed by atoms with Crippen LogP contribution in [0.15, 0.2) is 52.9 Å². The van der Waals surface area contributed by atoms with Gasteiger partial charge in [-0.1, -0.05) is 24.3 Å². The number of carbonyl (C=O) groups is 1. The summed E-state index contributed by atoms with van der Waals surface area (Å²) in [6.45, 7) is 0.728. The van der Waals surface area contributed by atoms with Gasteiger partial charge in [-0.2, -0.15) is 4.98 Å². The van der Waals surface area contributed by atoms with E-state index in [9.17, 15) is 4.79 Å². The molecule has 5 nitrogen and oxygen atoms in total. The van der Waals surface area contributed by atoms with Crippen LogP contribution in [-0.4, -0.2) is 24.0 Å². The fourth-order valence-electron chi connectivity index (χ4n) is 2.82. The summed E-state index contributed by atoms with van der Waals surface area (Å²) >= 11 is 0. The number of aromatic nitrogens is 1. The fourth-order valence-corrected chi connectivity index (χ4v) is 2.82. The molecule has 4 rings (SSSR count). The number of para-hydroxylation sites is 2. The molecular weight excluding hydrogens is 302 g/mol. The third-order valence-electron chi connectivity index (χ3n) is 4.31. The van der Waals surface area contributed by atoms with Crippen molar-refractivity contribution in [2.24, 2.45) is 0 Å². The van der Waals surface area contributed by atoms with Gasteiger partial charge in [0.2, 0.25) is 0 Å². The number of hydrogen-bond acceptors (Lipinski definition) is 4. The molecule has 0 saturated heterocycles. The maximum absolute atomic E-state index is 11.6. The van der Waals surface area contributed by atoms with Gasteiger partial charge < -0.3 is 14.6 Å². The van der Waals surface area contributed by atoms with Crippen LogP contribution in [0.5, 0.6) is 0 Å². The maximum atomic E-state index is 11.6. The lowest BCUT2D eigenvalue weighted by molar-refractivity contribution is 0.0963. The highest BCUT2D eigenvalue weighted by atomic mass is 16.4. The first kappa shape index (κ1) is 14.8. The number of hydrogen-bond donors (Lipinski definition) is 1. The predicted octanol–water partition coefficient (Wildman–Crippen LogP) is 3.36. The smallest absolute Gasteiger partial charge is 0.298 e. The Morgan fingerprint density at radius 3 is 2.62 bits per heavy atom.